The van der Waals surface area contributed by atoms with Gasteiger partial charge < -0.3 is 15.5 Å². The van der Waals surface area contributed by atoms with Crippen LogP contribution in [0.3, 0.4) is 0 Å². The van der Waals surface area contributed by atoms with Crippen LogP contribution in [0.1, 0.15) is 24.8 Å². The van der Waals surface area contributed by atoms with Crippen molar-refractivity contribution in [1.82, 2.24) is 26.4 Å². The van der Waals surface area contributed by atoms with Crippen LogP contribution in [0.4, 0.5) is 0 Å². The van der Waals surface area contributed by atoms with Gasteiger partial charge >= 0.3 is 0 Å². The smallest absolute Gasteiger partial charge is 0.241 e. The van der Waals surface area contributed by atoms with Crippen molar-refractivity contribution >= 4 is 11.8 Å². The fraction of sp³-hybridized carbons (Fsp3) is 0.619. The van der Waals surface area contributed by atoms with Gasteiger partial charge in [-0.25, -0.2) is 5.43 Å². The Bertz CT molecular complexity index is 675. The van der Waals surface area contributed by atoms with Crippen LogP contribution < -0.4 is 21.5 Å². The molecule has 28 heavy (non-hydrogen) atoms. The van der Waals surface area contributed by atoms with Crippen LogP contribution in [0.25, 0.3) is 0 Å². The van der Waals surface area contributed by atoms with Crippen LogP contribution in [-0.4, -0.2) is 61.5 Å². The van der Waals surface area contributed by atoms with Gasteiger partial charge in [0.05, 0.1) is 6.54 Å². The molecule has 3 aliphatic heterocycles. The maximum Gasteiger partial charge on any atom is 0.241 e. The molecule has 7 nitrogen and oxygen atoms in total. The lowest BCUT2D eigenvalue weighted by molar-refractivity contribution is -0.134. The normalized spacial score (nSPS) is 28.0. The molecular formula is C21H31N5O2. The van der Waals surface area contributed by atoms with Gasteiger partial charge in [0.2, 0.25) is 11.8 Å². The molecule has 1 aromatic rings. The lowest BCUT2D eigenvalue weighted by Gasteiger charge is -2.32. The SMILES string of the molecule is O=C(NCC(=O)N1CCC(Cc2ccccc2)CC1)C1NNC2CCNCC21. The number of fused-ring (bicyclic) bond motifs is 1. The number of piperidine rings is 2. The van der Waals surface area contributed by atoms with E-state index in [1.807, 2.05) is 11.0 Å². The van der Waals surface area contributed by atoms with Gasteiger partial charge in [-0.3, -0.25) is 15.0 Å². The Balaban J connectivity index is 1.19. The molecule has 4 N–H and O–H groups in total. The Morgan fingerprint density at radius 3 is 2.64 bits per heavy atom. The van der Waals surface area contributed by atoms with E-state index in [0.717, 1.165) is 51.9 Å². The Morgan fingerprint density at radius 1 is 1.07 bits per heavy atom. The zero-order valence-corrected chi connectivity index (χ0v) is 16.3. The summed E-state index contributed by atoms with van der Waals surface area (Å²) >= 11 is 0. The molecule has 0 radical (unpaired) electrons. The minimum Gasteiger partial charge on any atom is -0.346 e. The van der Waals surface area contributed by atoms with Crippen molar-refractivity contribution in [3.63, 3.8) is 0 Å². The number of likely N-dealkylation sites (tertiary alicyclic amines) is 1. The standard InChI is InChI=1S/C21H31N5O2/c27-19(14-23-21(28)20-17-13-22-9-6-18(17)24-25-20)26-10-7-16(8-11-26)12-15-4-2-1-3-5-15/h1-5,16-18,20,22,24-25H,6-14H2,(H,23,28). The van der Waals surface area contributed by atoms with E-state index in [2.05, 4.69) is 45.8 Å². The summed E-state index contributed by atoms with van der Waals surface area (Å²) in [6.45, 7) is 3.45. The number of carbonyl (C=O) groups excluding carboxylic acids is 2. The van der Waals surface area contributed by atoms with E-state index in [1.165, 1.54) is 5.56 Å². The first-order chi connectivity index (χ1) is 13.7. The molecular weight excluding hydrogens is 354 g/mol. The van der Waals surface area contributed by atoms with E-state index in [9.17, 15) is 9.59 Å². The van der Waals surface area contributed by atoms with E-state index in [1.54, 1.807) is 0 Å². The highest BCUT2D eigenvalue weighted by Gasteiger charge is 2.41. The number of amides is 2. The zero-order valence-electron chi connectivity index (χ0n) is 16.3. The molecule has 3 fully saturated rings. The van der Waals surface area contributed by atoms with Crippen molar-refractivity contribution in [1.29, 1.82) is 0 Å². The minimum atomic E-state index is -0.276. The van der Waals surface area contributed by atoms with Crippen molar-refractivity contribution in [2.75, 3.05) is 32.7 Å². The molecule has 0 aliphatic carbocycles. The second kappa shape index (κ2) is 9.03. The fourth-order valence-corrected chi connectivity index (χ4v) is 4.69. The Hall–Kier alpha value is -1.96. The number of benzene rings is 1. The monoisotopic (exact) mass is 385 g/mol. The molecule has 0 saturated carbocycles. The van der Waals surface area contributed by atoms with Crippen molar-refractivity contribution in [3.8, 4) is 0 Å². The second-order valence-electron chi connectivity index (χ2n) is 8.26. The summed E-state index contributed by atoms with van der Waals surface area (Å²) in [6.07, 6.45) is 4.14. The summed E-state index contributed by atoms with van der Waals surface area (Å²) in [5.41, 5.74) is 7.69. The van der Waals surface area contributed by atoms with Gasteiger partial charge in [0.25, 0.3) is 0 Å². The molecule has 0 spiro atoms. The Kier molecular flexibility index (Phi) is 6.24. The summed E-state index contributed by atoms with van der Waals surface area (Å²) in [5, 5.41) is 6.19. The topological polar surface area (TPSA) is 85.5 Å². The van der Waals surface area contributed by atoms with E-state index in [0.29, 0.717) is 12.0 Å². The van der Waals surface area contributed by atoms with Crippen LogP contribution in [0, 0.1) is 11.8 Å². The first kappa shape index (κ1) is 19.4. The molecule has 2 amide bonds. The summed E-state index contributed by atoms with van der Waals surface area (Å²) in [6, 6.07) is 10.6. The first-order valence-electron chi connectivity index (χ1n) is 10.5. The number of hydrogen-bond donors (Lipinski definition) is 4. The number of nitrogens with zero attached hydrogens (tertiary/aromatic N) is 1. The molecule has 3 unspecified atom stereocenters. The lowest BCUT2D eigenvalue weighted by atomic mass is 9.89. The summed E-state index contributed by atoms with van der Waals surface area (Å²) in [7, 11) is 0. The van der Waals surface area contributed by atoms with Gasteiger partial charge in [-0.1, -0.05) is 30.3 Å². The fourth-order valence-electron chi connectivity index (χ4n) is 4.69. The average Bonchev–Trinajstić information content (AvgIpc) is 3.17. The highest BCUT2D eigenvalue weighted by molar-refractivity contribution is 5.88. The minimum absolute atomic E-state index is 0.0239. The van der Waals surface area contributed by atoms with Crippen molar-refractivity contribution in [3.05, 3.63) is 35.9 Å². The van der Waals surface area contributed by atoms with Crippen LogP contribution in [0.15, 0.2) is 30.3 Å². The predicted molar refractivity (Wildman–Crippen MR) is 107 cm³/mol. The maximum atomic E-state index is 12.5. The van der Waals surface area contributed by atoms with E-state index in [-0.39, 0.29) is 30.3 Å². The summed E-state index contributed by atoms with van der Waals surface area (Å²) < 4.78 is 0. The van der Waals surface area contributed by atoms with Gasteiger partial charge in [-0.05, 0) is 43.7 Å². The third-order valence-electron chi connectivity index (χ3n) is 6.41. The molecule has 152 valence electrons. The number of rotatable bonds is 5. The van der Waals surface area contributed by atoms with Gasteiger partial charge in [0.15, 0.2) is 0 Å². The molecule has 3 saturated heterocycles. The number of nitrogens with one attached hydrogen (secondary N) is 4. The quantitative estimate of drug-likeness (QED) is 0.575. The van der Waals surface area contributed by atoms with E-state index < -0.39 is 0 Å². The Morgan fingerprint density at radius 2 is 1.86 bits per heavy atom. The number of carbonyl (C=O) groups is 2. The molecule has 7 heteroatoms. The lowest BCUT2D eigenvalue weighted by Crippen LogP contribution is -2.51. The molecule has 3 atom stereocenters. The van der Waals surface area contributed by atoms with E-state index in [4.69, 9.17) is 0 Å². The summed E-state index contributed by atoms with van der Waals surface area (Å²) in [4.78, 5) is 27.0. The van der Waals surface area contributed by atoms with E-state index >= 15 is 0 Å². The molecule has 0 aromatic heterocycles. The first-order valence-corrected chi connectivity index (χ1v) is 10.5. The van der Waals surface area contributed by atoms with Crippen molar-refractivity contribution in [2.45, 2.75) is 37.8 Å². The maximum absolute atomic E-state index is 12.5. The molecule has 1 aromatic carbocycles. The van der Waals surface area contributed by atoms with Crippen molar-refractivity contribution in [2.24, 2.45) is 11.8 Å². The van der Waals surface area contributed by atoms with Crippen LogP contribution in [0.2, 0.25) is 0 Å². The molecule has 4 rings (SSSR count). The molecule has 3 aliphatic rings. The Labute approximate surface area is 166 Å². The average molecular weight is 386 g/mol. The van der Waals surface area contributed by atoms with Crippen LogP contribution in [-0.2, 0) is 16.0 Å². The summed E-state index contributed by atoms with van der Waals surface area (Å²) in [5.74, 6) is 0.801. The van der Waals surface area contributed by atoms with Gasteiger partial charge in [0, 0.05) is 31.6 Å². The predicted octanol–water partition coefficient (Wildman–Crippen LogP) is 0.0384. The third kappa shape index (κ3) is 4.54. The van der Waals surface area contributed by atoms with Gasteiger partial charge in [-0.15, -0.1) is 0 Å². The second-order valence-corrected chi connectivity index (χ2v) is 8.26. The van der Waals surface area contributed by atoms with Crippen LogP contribution >= 0.6 is 0 Å². The molecule has 0 bridgehead atoms. The number of hydrazine groups is 1. The number of hydrogen-bond acceptors (Lipinski definition) is 5. The largest absolute Gasteiger partial charge is 0.346 e. The van der Waals surface area contributed by atoms with Crippen LogP contribution in [0.5, 0.6) is 0 Å². The van der Waals surface area contributed by atoms with Gasteiger partial charge in [0.1, 0.15) is 6.04 Å². The highest BCUT2D eigenvalue weighted by Crippen LogP contribution is 2.22. The molecule has 3 heterocycles. The third-order valence-corrected chi connectivity index (χ3v) is 6.41. The van der Waals surface area contributed by atoms with Crippen molar-refractivity contribution < 1.29 is 9.59 Å². The van der Waals surface area contributed by atoms with Gasteiger partial charge in [-0.2, -0.15) is 0 Å². The zero-order chi connectivity index (χ0) is 19.3. The highest BCUT2D eigenvalue weighted by atomic mass is 16.2.